The molecule has 0 radical (unpaired) electrons. The average molecular weight is 273 g/mol. The Kier molecular flexibility index (Phi) is 3.90. The number of nitrogens with zero attached hydrogens (tertiary/aromatic N) is 1. The van der Waals surface area contributed by atoms with Crippen molar-refractivity contribution in [3.05, 3.63) is 52.7 Å². The topological polar surface area (TPSA) is 50.2 Å². The second-order valence-electron chi connectivity index (χ2n) is 4.48. The van der Waals surface area contributed by atoms with Crippen LogP contribution >= 0.6 is 11.8 Å². The first-order valence-corrected chi connectivity index (χ1v) is 6.74. The van der Waals surface area contributed by atoms with Crippen LogP contribution in [0.1, 0.15) is 27.0 Å². The van der Waals surface area contributed by atoms with Crippen molar-refractivity contribution in [2.75, 3.05) is 0 Å². The molecule has 0 aliphatic rings. The first kappa shape index (κ1) is 13.6. The Labute approximate surface area is 116 Å². The summed E-state index contributed by atoms with van der Waals surface area (Å²) in [7, 11) is 0. The number of aromatic carboxylic acids is 1. The molecule has 1 aromatic heterocycles. The van der Waals surface area contributed by atoms with Crippen molar-refractivity contribution < 1.29 is 9.90 Å². The van der Waals surface area contributed by atoms with E-state index in [0.29, 0.717) is 5.03 Å². The average Bonchev–Trinajstić information content (AvgIpc) is 2.33. The largest absolute Gasteiger partial charge is 0.478 e. The SMILES string of the molecule is Cc1ccc(C)c(Sc2nccc(C)c2C(=O)O)c1. The Bertz CT molecular complexity index is 638. The zero-order chi connectivity index (χ0) is 14.0. The first-order chi connectivity index (χ1) is 8.99. The van der Waals surface area contributed by atoms with Crippen LogP contribution in [-0.4, -0.2) is 16.1 Å². The van der Waals surface area contributed by atoms with Crippen LogP contribution in [0.2, 0.25) is 0 Å². The van der Waals surface area contributed by atoms with Crippen LogP contribution in [0, 0.1) is 20.8 Å². The van der Waals surface area contributed by atoms with Gasteiger partial charge < -0.3 is 5.11 Å². The van der Waals surface area contributed by atoms with Gasteiger partial charge in [0.1, 0.15) is 5.03 Å². The van der Waals surface area contributed by atoms with E-state index < -0.39 is 5.97 Å². The van der Waals surface area contributed by atoms with Crippen molar-refractivity contribution in [1.82, 2.24) is 4.98 Å². The fourth-order valence-corrected chi connectivity index (χ4v) is 2.94. The van der Waals surface area contributed by atoms with Gasteiger partial charge in [-0.25, -0.2) is 9.78 Å². The second-order valence-corrected chi connectivity index (χ2v) is 5.51. The monoisotopic (exact) mass is 273 g/mol. The molecule has 0 aliphatic carbocycles. The van der Waals surface area contributed by atoms with E-state index in [1.54, 1.807) is 19.2 Å². The summed E-state index contributed by atoms with van der Waals surface area (Å²) in [5.74, 6) is -0.932. The van der Waals surface area contributed by atoms with Crippen LogP contribution in [0.15, 0.2) is 40.4 Å². The van der Waals surface area contributed by atoms with Crippen LogP contribution in [0.25, 0.3) is 0 Å². The summed E-state index contributed by atoms with van der Waals surface area (Å²) >= 11 is 1.41. The molecule has 4 heteroatoms. The van der Waals surface area contributed by atoms with E-state index in [1.807, 2.05) is 26.0 Å². The maximum Gasteiger partial charge on any atom is 0.338 e. The van der Waals surface area contributed by atoms with Gasteiger partial charge in [0.15, 0.2) is 0 Å². The quantitative estimate of drug-likeness (QED) is 0.922. The zero-order valence-electron chi connectivity index (χ0n) is 11.1. The lowest BCUT2D eigenvalue weighted by Crippen LogP contribution is -2.03. The summed E-state index contributed by atoms with van der Waals surface area (Å²) in [6, 6.07) is 7.85. The van der Waals surface area contributed by atoms with Crippen LogP contribution < -0.4 is 0 Å². The standard InChI is InChI=1S/C15H15NO2S/c1-9-4-5-10(2)12(8-9)19-14-13(15(17)18)11(3)6-7-16-14/h4-8H,1-3H3,(H,17,18). The number of aromatic nitrogens is 1. The Morgan fingerprint density at radius 2 is 1.89 bits per heavy atom. The summed E-state index contributed by atoms with van der Waals surface area (Å²) in [5, 5.41) is 9.84. The van der Waals surface area contributed by atoms with Crippen molar-refractivity contribution in [3.63, 3.8) is 0 Å². The Balaban J connectivity index is 2.46. The number of carboxylic acids is 1. The molecular weight excluding hydrogens is 258 g/mol. The molecule has 1 heterocycles. The second kappa shape index (κ2) is 5.45. The van der Waals surface area contributed by atoms with Gasteiger partial charge in [0.2, 0.25) is 0 Å². The van der Waals surface area contributed by atoms with Gasteiger partial charge in [-0.15, -0.1) is 0 Å². The van der Waals surface area contributed by atoms with Crippen LogP contribution in [0.3, 0.4) is 0 Å². The molecule has 1 N–H and O–H groups in total. The molecule has 19 heavy (non-hydrogen) atoms. The molecule has 0 saturated heterocycles. The lowest BCUT2D eigenvalue weighted by atomic mass is 10.2. The van der Waals surface area contributed by atoms with Crippen molar-refractivity contribution >= 4 is 17.7 Å². The predicted molar refractivity (Wildman–Crippen MR) is 76.0 cm³/mol. The van der Waals surface area contributed by atoms with Crippen molar-refractivity contribution in [2.24, 2.45) is 0 Å². The van der Waals surface area contributed by atoms with Crippen molar-refractivity contribution in [3.8, 4) is 0 Å². The number of hydrogen-bond acceptors (Lipinski definition) is 3. The number of benzene rings is 1. The molecule has 3 nitrogen and oxygen atoms in total. The lowest BCUT2D eigenvalue weighted by molar-refractivity contribution is 0.0691. The molecule has 1 aromatic carbocycles. The Hall–Kier alpha value is -1.81. The number of pyridine rings is 1. The number of rotatable bonds is 3. The van der Waals surface area contributed by atoms with E-state index in [4.69, 9.17) is 0 Å². The zero-order valence-corrected chi connectivity index (χ0v) is 11.9. The van der Waals surface area contributed by atoms with Crippen LogP contribution in [-0.2, 0) is 0 Å². The van der Waals surface area contributed by atoms with Gasteiger partial charge in [0.25, 0.3) is 0 Å². The highest BCUT2D eigenvalue weighted by Gasteiger charge is 2.16. The lowest BCUT2D eigenvalue weighted by Gasteiger charge is -2.09. The van der Waals surface area contributed by atoms with E-state index in [1.165, 1.54) is 11.8 Å². The predicted octanol–water partition coefficient (Wildman–Crippen LogP) is 3.86. The molecule has 0 fully saturated rings. The van der Waals surface area contributed by atoms with Gasteiger partial charge in [0, 0.05) is 11.1 Å². The third kappa shape index (κ3) is 2.96. The first-order valence-electron chi connectivity index (χ1n) is 5.93. The number of carboxylic acid groups (broad SMARTS) is 1. The van der Waals surface area contributed by atoms with Gasteiger partial charge in [-0.1, -0.05) is 23.9 Å². The van der Waals surface area contributed by atoms with Crippen LogP contribution in [0.4, 0.5) is 0 Å². The normalized spacial score (nSPS) is 10.5. The molecule has 0 unspecified atom stereocenters. The smallest absolute Gasteiger partial charge is 0.338 e. The summed E-state index contributed by atoms with van der Waals surface area (Å²) in [6.45, 7) is 5.82. The molecule has 0 saturated carbocycles. The minimum atomic E-state index is -0.932. The third-order valence-corrected chi connectivity index (χ3v) is 4.05. The molecule has 2 aromatic rings. The molecule has 0 aliphatic heterocycles. The molecule has 0 atom stereocenters. The number of carbonyl (C=O) groups is 1. The summed E-state index contributed by atoms with van der Waals surface area (Å²) < 4.78 is 0. The van der Waals surface area contributed by atoms with E-state index in [9.17, 15) is 9.90 Å². The fourth-order valence-electron chi connectivity index (χ4n) is 1.79. The highest BCUT2D eigenvalue weighted by atomic mass is 32.2. The molecular formula is C15H15NO2S. The molecule has 98 valence electrons. The van der Waals surface area contributed by atoms with E-state index in [2.05, 4.69) is 11.1 Å². The van der Waals surface area contributed by atoms with Gasteiger partial charge in [-0.05, 0) is 49.6 Å². The molecule has 0 spiro atoms. The van der Waals surface area contributed by atoms with Crippen molar-refractivity contribution in [1.29, 1.82) is 0 Å². The Morgan fingerprint density at radius 1 is 1.16 bits per heavy atom. The Morgan fingerprint density at radius 3 is 2.58 bits per heavy atom. The third-order valence-electron chi connectivity index (χ3n) is 2.89. The van der Waals surface area contributed by atoms with Gasteiger partial charge >= 0.3 is 5.97 Å². The minimum Gasteiger partial charge on any atom is -0.478 e. The molecule has 0 amide bonds. The summed E-state index contributed by atoms with van der Waals surface area (Å²) in [4.78, 5) is 16.6. The van der Waals surface area contributed by atoms with Gasteiger partial charge in [-0.3, -0.25) is 0 Å². The molecule has 0 bridgehead atoms. The highest BCUT2D eigenvalue weighted by molar-refractivity contribution is 7.99. The van der Waals surface area contributed by atoms with E-state index in [-0.39, 0.29) is 5.56 Å². The number of aryl methyl sites for hydroxylation is 3. The maximum absolute atomic E-state index is 11.3. The highest BCUT2D eigenvalue weighted by Crippen LogP contribution is 2.32. The number of hydrogen-bond donors (Lipinski definition) is 1. The molecule has 2 rings (SSSR count). The fraction of sp³-hybridized carbons (Fsp3) is 0.200. The van der Waals surface area contributed by atoms with Crippen molar-refractivity contribution in [2.45, 2.75) is 30.7 Å². The van der Waals surface area contributed by atoms with Crippen LogP contribution in [0.5, 0.6) is 0 Å². The van der Waals surface area contributed by atoms with Gasteiger partial charge in [-0.2, -0.15) is 0 Å². The van der Waals surface area contributed by atoms with E-state index in [0.717, 1.165) is 21.6 Å². The summed E-state index contributed by atoms with van der Waals surface area (Å²) in [5.41, 5.74) is 3.29. The minimum absolute atomic E-state index is 0.286. The maximum atomic E-state index is 11.3. The van der Waals surface area contributed by atoms with E-state index >= 15 is 0 Å². The van der Waals surface area contributed by atoms with Gasteiger partial charge in [0.05, 0.1) is 5.56 Å². The summed E-state index contributed by atoms with van der Waals surface area (Å²) in [6.07, 6.45) is 1.65.